The van der Waals surface area contributed by atoms with Gasteiger partial charge in [-0.25, -0.2) is 9.59 Å². The van der Waals surface area contributed by atoms with Crippen molar-refractivity contribution in [2.24, 2.45) is 0 Å². The van der Waals surface area contributed by atoms with Gasteiger partial charge in [0, 0.05) is 0 Å². The van der Waals surface area contributed by atoms with E-state index in [1.807, 2.05) is 18.2 Å². The maximum atomic E-state index is 13.3. The zero-order valence-electron chi connectivity index (χ0n) is 16.3. The SMILES string of the molecule is CCOC(=O)N[C@@]1(C(=O)OCc2ccccc2)N2C(=O)[C@@H](NC=O)[C@H]2SC1(C)C. The highest BCUT2D eigenvalue weighted by atomic mass is 32.2. The maximum absolute atomic E-state index is 13.3. The number of alkyl carbamates (subject to hydrolysis) is 1. The summed E-state index contributed by atoms with van der Waals surface area (Å²) in [6, 6.07) is 8.30. The number of ether oxygens (including phenoxy) is 2. The monoisotopic (exact) mass is 421 g/mol. The molecule has 0 spiro atoms. The molecule has 2 aliphatic rings. The Morgan fingerprint density at radius 3 is 2.55 bits per heavy atom. The number of nitrogens with one attached hydrogen (secondary N) is 2. The van der Waals surface area contributed by atoms with E-state index < -0.39 is 39.8 Å². The Balaban J connectivity index is 1.92. The molecular formula is C19H23N3O6S. The van der Waals surface area contributed by atoms with Crippen molar-refractivity contribution in [1.29, 1.82) is 0 Å². The number of thioether (sulfide) groups is 1. The number of fused-ring (bicyclic) bond motifs is 1. The molecule has 2 N–H and O–H groups in total. The highest BCUT2D eigenvalue weighted by molar-refractivity contribution is 8.01. The average Bonchev–Trinajstić information content (AvgIpc) is 2.90. The molecule has 0 aliphatic carbocycles. The zero-order valence-corrected chi connectivity index (χ0v) is 17.2. The van der Waals surface area contributed by atoms with Gasteiger partial charge in [-0.05, 0) is 26.3 Å². The number of carbonyl (C=O) groups excluding carboxylic acids is 4. The molecule has 0 unspecified atom stereocenters. The van der Waals surface area contributed by atoms with E-state index in [-0.39, 0.29) is 13.2 Å². The van der Waals surface area contributed by atoms with Crippen molar-refractivity contribution in [3.05, 3.63) is 35.9 Å². The van der Waals surface area contributed by atoms with Gasteiger partial charge in [0.05, 0.1) is 11.4 Å². The number of hydrogen-bond donors (Lipinski definition) is 2. The molecule has 3 rings (SSSR count). The second-order valence-corrected chi connectivity index (χ2v) is 8.85. The van der Waals surface area contributed by atoms with E-state index in [1.54, 1.807) is 32.9 Å². The van der Waals surface area contributed by atoms with Gasteiger partial charge >= 0.3 is 12.1 Å². The quantitative estimate of drug-likeness (QED) is 0.383. The first-order chi connectivity index (χ1) is 13.8. The van der Waals surface area contributed by atoms with E-state index in [0.29, 0.717) is 6.41 Å². The van der Waals surface area contributed by atoms with Crippen molar-refractivity contribution in [2.45, 2.75) is 49.2 Å². The van der Waals surface area contributed by atoms with Crippen LogP contribution in [-0.2, 0) is 30.5 Å². The van der Waals surface area contributed by atoms with Crippen molar-refractivity contribution in [1.82, 2.24) is 15.5 Å². The minimum atomic E-state index is -1.78. The van der Waals surface area contributed by atoms with Crippen LogP contribution < -0.4 is 10.6 Å². The van der Waals surface area contributed by atoms with E-state index in [4.69, 9.17) is 9.47 Å². The van der Waals surface area contributed by atoms with Gasteiger partial charge in [0.25, 0.3) is 5.91 Å². The van der Waals surface area contributed by atoms with Gasteiger partial charge in [-0.3, -0.25) is 19.8 Å². The zero-order chi connectivity index (χ0) is 21.2. The summed E-state index contributed by atoms with van der Waals surface area (Å²) in [4.78, 5) is 50.5. The third-order valence-corrected chi connectivity index (χ3v) is 6.61. The van der Waals surface area contributed by atoms with Crippen LogP contribution in [-0.4, -0.2) is 57.7 Å². The standard InChI is InChI=1S/C19H23N3O6S/c1-4-27-17(26)21-19(16(25)28-10-12-8-6-5-7-9-12)18(2,3)29-15-13(20-11-23)14(24)22(15)19/h5-9,11,13,15H,4,10H2,1-3H3,(H,20,23)(H,21,26)/t13-,15-,19+/m1/s1. The van der Waals surface area contributed by atoms with E-state index in [9.17, 15) is 19.2 Å². The lowest BCUT2D eigenvalue weighted by Crippen LogP contribution is -2.80. The van der Waals surface area contributed by atoms with Gasteiger partial charge < -0.3 is 14.8 Å². The van der Waals surface area contributed by atoms with Gasteiger partial charge in [-0.1, -0.05) is 30.3 Å². The fourth-order valence-electron chi connectivity index (χ4n) is 3.59. The second kappa shape index (κ2) is 7.94. The minimum Gasteiger partial charge on any atom is -0.458 e. The first kappa shape index (κ1) is 21.0. The topological polar surface area (TPSA) is 114 Å². The smallest absolute Gasteiger partial charge is 0.409 e. The summed E-state index contributed by atoms with van der Waals surface area (Å²) in [5.74, 6) is -1.25. The number of carbonyl (C=O) groups is 4. The third-order valence-electron chi connectivity index (χ3n) is 5.01. The summed E-state index contributed by atoms with van der Waals surface area (Å²) in [5.41, 5.74) is -1.01. The Labute approximate surface area is 172 Å². The fourth-order valence-corrected chi connectivity index (χ4v) is 5.30. The highest BCUT2D eigenvalue weighted by Crippen LogP contribution is 2.56. The number of amides is 3. The predicted molar refractivity (Wildman–Crippen MR) is 104 cm³/mol. The lowest BCUT2D eigenvalue weighted by atomic mass is 9.88. The molecule has 156 valence electrons. The Morgan fingerprint density at radius 1 is 1.24 bits per heavy atom. The molecular weight excluding hydrogens is 398 g/mol. The molecule has 10 heteroatoms. The summed E-state index contributed by atoms with van der Waals surface area (Å²) < 4.78 is 9.54. The molecule has 1 aromatic rings. The molecule has 29 heavy (non-hydrogen) atoms. The molecule has 2 aliphatic heterocycles. The van der Waals surface area contributed by atoms with Gasteiger partial charge in [0.2, 0.25) is 12.1 Å². The Kier molecular flexibility index (Phi) is 5.74. The van der Waals surface area contributed by atoms with Crippen molar-refractivity contribution < 1.29 is 28.7 Å². The number of nitrogens with zero attached hydrogens (tertiary/aromatic N) is 1. The molecule has 1 aromatic carbocycles. The van der Waals surface area contributed by atoms with Crippen molar-refractivity contribution in [2.75, 3.05) is 6.61 Å². The molecule has 2 fully saturated rings. The van der Waals surface area contributed by atoms with Crippen LogP contribution in [0.4, 0.5) is 4.79 Å². The van der Waals surface area contributed by atoms with Gasteiger partial charge in [0.1, 0.15) is 18.0 Å². The summed E-state index contributed by atoms with van der Waals surface area (Å²) >= 11 is 1.30. The molecule has 2 heterocycles. The molecule has 0 radical (unpaired) electrons. The number of benzene rings is 1. The predicted octanol–water partition coefficient (Wildman–Crippen LogP) is 0.980. The number of hydrogen-bond acceptors (Lipinski definition) is 7. The lowest BCUT2D eigenvalue weighted by Gasteiger charge is -2.49. The van der Waals surface area contributed by atoms with Gasteiger partial charge in [-0.2, -0.15) is 0 Å². The summed E-state index contributed by atoms with van der Waals surface area (Å²) in [7, 11) is 0. The van der Waals surface area contributed by atoms with Crippen molar-refractivity contribution in [3.8, 4) is 0 Å². The molecule has 0 bridgehead atoms. The fraction of sp³-hybridized carbons (Fsp3) is 0.474. The molecule has 0 aromatic heterocycles. The molecule has 3 atom stereocenters. The van der Waals surface area contributed by atoms with E-state index in [0.717, 1.165) is 5.56 Å². The van der Waals surface area contributed by atoms with Crippen LogP contribution in [0.5, 0.6) is 0 Å². The second-order valence-electron chi connectivity index (χ2n) is 7.11. The number of β-lactam (4-membered cyclic amide) rings is 1. The minimum absolute atomic E-state index is 0.0185. The lowest BCUT2D eigenvalue weighted by molar-refractivity contribution is -0.178. The van der Waals surface area contributed by atoms with Gasteiger partial charge in [0.15, 0.2) is 0 Å². The number of esters is 1. The van der Waals surface area contributed by atoms with Crippen LogP contribution in [0.1, 0.15) is 26.3 Å². The highest BCUT2D eigenvalue weighted by Gasteiger charge is 2.74. The Morgan fingerprint density at radius 2 is 1.93 bits per heavy atom. The largest absolute Gasteiger partial charge is 0.458 e. The van der Waals surface area contributed by atoms with Crippen LogP contribution in [0, 0.1) is 0 Å². The van der Waals surface area contributed by atoms with Crippen LogP contribution in [0.15, 0.2) is 30.3 Å². The first-order valence-electron chi connectivity index (χ1n) is 9.15. The first-order valence-corrected chi connectivity index (χ1v) is 10.0. The summed E-state index contributed by atoms with van der Waals surface area (Å²) in [6.07, 6.45) is -0.391. The van der Waals surface area contributed by atoms with Crippen LogP contribution in [0.2, 0.25) is 0 Å². The van der Waals surface area contributed by atoms with Crippen molar-refractivity contribution >= 4 is 36.1 Å². The Bertz CT molecular complexity index is 817. The van der Waals surface area contributed by atoms with Crippen LogP contribution >= 0.6 is 11.8 Å². The van der Waals surface area contributed by atoms with Crippen LogP contribution in [0.25, 0.3) is 0 Å². The van der Waals surface area contributed by atoms with E-state index in [2.05, 4.69) is 10.6 Å². The van der Waals surface area contributed by atoms with Crippen LogP contribution in [0.3, 0.4) is 0 Å². The Hall–Kier alpha value is -2.75. The normalized spacial score (nSPS) is 26.7. The summed E-state index contributed by atoms with van der Waals surface area (Å²) in [5, 5.41) is 4.52. The average molecular weight is 421 g/mol. The molecule has 0 saturated carbocycles. The molecule has 3 amide bonds. The molecule has 9 nitrogen and oxygen atoms in total. The summed E-state index contributed by atoms with van der Waals surface area (Å²) in [6.45, 7) is 5.18. The third kappa shape index (κ3) is 3.41. The van der Waals surface area contributed by atoms with E-state index in [1.165, 1.54) is 16.7 Å². The van der Waals surface area contributed by atoms with Gasteiger partial charge in [-0.15, -0.1) is 11.8 Å². The van der Waals surface area contributed by atoms with Crippen molar-refractivity contribution in [3.63, 3.8) is 0 Å². The van der Waals surface area contributed by atoms with E-state index >= 15 is 0 Å². The maximum Gasteiger partial charge on any atom is 0.409 e. The number of rotatable bonds is 7. The molecule has 2 saturated heterocycles.